The van der Waals surface area contributed by atoms with E-state index in [4.69, 9.17) is 16.3 Å². The average molecular weight is 398 g/mol. The van der Waals surface area contributed by atoms with Crippen molar-refractivity contribution in [2.75, 3.05) is 16.3 Å². The number of pyridine rings is 1. The van der Waals surface area contributed by atoms with Gasteiger partial charge >= 0.3 is 5.97 Å². The van der Waals surface area contributed by atoms with Crippen LogP contribution in [0.4, 0.5) is 11.5 Å². The lowest BCUT2D eigenvalue weighted by Crippen LogP contribution is -2.30. The highest BCUT2D eigenvalue weighted by Crippen LogP contribution is 2.18. The molecule has 0 saturated carbocycles. The monoisotopic (exact) mass is 397 g/mol. The Balaban J connectivity index is 2.07. The van der Waals surface area contributed by atoms with Crippen molar-refractivity contribution in [3.63, 3.8) is 0 Å². The molecule has 2 N–H and O–H groups in total. The zero-order valence-electron chi connectivity index (χ0n) is 13.9. The Hall–Kier alpha value is -2.65. The fourth-order valence-electron chi connectivity index (χ4n) is 1.91. The van der Waals surface area contributed by atoms with E-state index in [1.165, 1.54) is 31.3 Å². The molecule has 0 aliphatic heterocycles. The van der Waals surface area contributed by atoms with Crippen molar-refractivity contribution in [2.45, 2.75) is 13.0 Å². The smallest absolute Gasteiger partial charge is 0.341 e. The number of sulfonamides is 1. The molecule has 1 atom stereocenters. The van der Waals surface area contributed by atoms with Crippen LogP contribution in [-0.2, 0) is 19.6 Å². The molecule has 0 saturated heterocycles. The van der Waals surface area contributed by atoms with Crippen LogP contribution in [0.1, 0.15) is 17.3 Å². The highest BCUT2D eigenvalue weighted by atomic mass is 35.5. The number of hydrogen-bond acceptors (Lipinski definition) is 6. The summed E-state index contributed by atoms with van der Waals surface area (Å²) in [6.07, 6.45) is 1.19. The minimum absolute atomic E-state index is 0.0119. The van der Waals surface area contributed by atoms with Crippen LogP contribution in [0.3, 0.4) is 0 Å². The number of nitrogens with one attached hydrogen (secondary N) is 2. The molecular weight excluding hydrogens is 382 g/mol. The highest BCUT2D eigenvalue weighted by Gasteiger charge is 2.22. The van der Waals surface area contributed by atoms with Crippen LogP contribution in [0.2, 0.25) is 5.02 Å². The van der Waals surface area contributed by atoms with E-state index in [2.05, 4.69) is 15.0 Å². The molecule has 138 valence electrons. The minimum Gasteiger partial charge on any atom is -0.449 e. The number of nitrogens with zero attached hydrogens (tertiary/aromatic N) is 1. The van der Waals surface area contributed by atoms with Gasteiger partial charge in [-0.25, -0.2) is 18.2 Å². The van der Waals surface area contributed by atoms with Crippen molar-refractivity contribution >= 4 is 45.0 Å². The molecule has 0 bridgehead atoms. The van der Waals surface area contributed by atoms with Gasteiger partial charge in [0.2, 0.25) is 10.0 Å². The topological polar surface area (TPSA) is 114 Å². The number of hydrogen-bond donors (Lipinski definition) is 2. The first-order chi connectivity index (χ1) is 12.2. The first-order valence-corrected chi connectivity index (χ1v) is 9.63. The van der Waals surface area contributed by atoms with E-state index in [9.17, 15) is 18.0 Å². The number of halogens is 1. The van der Waals surface area contributed by atoms with Gasteiger partial charge in [0.1, 0.15) is 5.82 Å². The number of carbonyl (C=O) groups excluding carboxylic acids is 2. The molecule has 0 unspecified atom stereocenters. The molecule has 0 spiro atoms. The molecule has 26 heavy (non-hydrogen) atoms. The molecule has 2 aromatic rings. The third-order valence-electron chi connectivity index (χ3n) is 3.07. The maximum Gasteiger partial charge on any atom is 0.341 e. The van der Waals surface area contributed by atoms with Gasteiger partial charge in [0, 0.05) is 6.20 Å². The molecule has 1 heterocycles. The van der Waals surface area contributed by atoms with Crippen molar-refractivity contribution in [1.82, 2.24) is 4.98 Å². The zero-order chi connectivity index (χ0) is 19.3. The molecule has 0 aliphatic rings. The van der Waals surface area contributed by atoms with Gasteiger partial charge in [-0.1, -0.05) is 23.7 Å². The number of benzene rings is 1. The number of esters is 1. The van der Waals surface area contributed by atoms with Gasteiger partial charge in [-0.3, -0.25) is 9.52 Å². The van der Waals surface area contributed by atoms with E-state index >= 15 is 0 Å². The predicted octanol–water partition coefficient (Wildman–Crippen LogP) is 2.29. The lowest BCUT2D eigenvalue weighted by molar-refractivity contribution is -0.123. The number of para-hydroxylation sites is 1. The minimum atomic E-state index is -3.58. The Labute approximate surface area is 155 Å². The highest BCUT2D eigenvalue weighted by molar-refractivity contribution is 7.92. The second-order valence-electron chi connectivity index (χ2n) is 5.32. The average Bonchev–Trinajstić information content (AvgIpc) is 2.55. The van der Waals surface area contributed by atoms with E-state index in [1.54, 1.807) is 18.2 Å². The fourth-order valence-corrected chi connectivity index (χ4v) is 2.59. The summed E-state index contributed by atoms with van der Waals surface area (Å²) < 4.78 is 30.1. The van der Waals surface area contributed by atoms with Gasteiger partial charge in [0.15, 0.2) is 6.10 Å². The Morgan fingerprint density at radius 1 is 1.19 bits per heavy atom. The Kier molecular flexibility index (Phi) is 6.17. The molecule has 1 aromatic carbocycles. The van der Waals surface area contributed by atoms with Crippen LogP contribution in [-0.4, -0.2) is 37.6 Å². The molecular formula is C16H16ClN3O5S. The standard InChI is InChI=1S/C16H16ClN3O5S/c1-10(15(21)19-14-8-7-11(17)9-18-14)25-16(22)12-5-3-4-6-13(12)20-26(2,23)24/h3-10,20H,1-2H3,(H,18,19,21)/t10-/m1/s1. The van der Waals surface area contributed by atoms with E-state index in [0.717, 1.165) is 6.26 Å². The van der Waals surface area contributed by atoms with Crippen LogP contribution in [0.15, 0.2) is 42.6 Å². The Morgan fingerprint density at radius 2 is 1.88 bits per heavy atom. The van der Waals surface area contributed by atoms with Gasteiger partial charge < -0.3 is 10.1 Å². The second-order valence-corrected chi connectivity index (χ2v) is 7.50. The molecule has 10 heteroatoms. The fraction of sp³-hybridized carbons (Fsp3) is 0.188. The maximum absolute atomic E-state index is 12.3. The maximum atomic E-state index is 12.3. The van der Waals surface area contributed by atoms with Crippen LogP contribution in [0.25, 0.3) is 0 Å². The largest absolute Gasteiger partial charge is 0.449 e. The molecule has 8 nitrogen and oxygen atoms in total. The zero-order valence-corrected chi connectivity index (χ0v) is 15.5. The quantitative estimate of drug-likeness (QED) is 0.723. The lowest BCUT2D eigenvalue weighted by Gasteiger charge is -2.15. The summed E-state index contributed by atoms with van der Waals surface area (Å²) in [5.41, 5.74) is 0.0502. The summed E-state index contributed by atoms with van der Waals surface area (Å²) in [5.74, 6) is -1.19. The summed E-state index contributed by atoms with van der Waals surface area (Å²) in [7, 11) is -3.58. The van der Waals surface area contributed by atoms with E-state index in [0.29, 0.717) is 5.02 Å². The second kappa shape index (κ2) is 8.15. The lowest BCUT2D eigenvalue weighted by atomic mass is 10.2. The third kappa shape index (κ3) is 5.71. The van der Waals surface area contributed by atoms with E-state index < -0.39 is 28.0 Å². The Bertz CT molecular complexity index is 916. The summed E-state index contributed by atoms with van der Waals surface area (Å²) in [6.45, 7) is 1.38. The SMILES string of the molecule is C[C@@H](OC(=O)c1ccccc1NS(C)(=O)=O)C(=O)Nc1ccc(Cl)cn1. The van der Waals surface area contributed by atoms with Crippen LogP contribution >= 0.6 is 11.6 Å². The summed E-state index contributed by atoms with van der Waals surface area (Å²) in [6, 6.07) is 8.97. The normalized spacial score (nSPS) is 12.1. The van der Waals surface area contributed by atoms with Gasteiger partial charge in [0.25, 0.3) is 5.91 Å². The van der Waals surface area contributed by atoms with Crippen molar-refractivity contribution in [3.8, 4) is 0 Å². The van der Waals surface area contributed by atoms with Gasteiger partial charge in [-0.05, 0) is 31.2 Å². The van der Waals surface area contributed by atoms with Crippen LogP contribution in [0, 0.1) is 0 Å². The number of rotatable bonds is 6. The summed E-state index contributed by atoms with van der Waals surface area (Å²) >= 11 is 5.71. The van der Waals surface area contributed by atoms with Crippen molar-refractivity contribution < 1.29 is 22.7 Å². The number of amides is 1. The summed E-state index contributed by atoms with van der Waals surface area (Å²) in [4.78, 5) is 28.3. The number of carbonyl (C=O) groups is 2. The number of ether oxygens (including phenoxy) is 1. The van der Waals surface area contributed by atoms with E-state index in [-0.39, 0.29) is 17.1 Å². The molecule has 1 amide bonds. The number of aromatic nitrogens is 1. The molecule has 0 radical (unpaired) electrons. The van der Waals surface area contributed by atoms with Crippen molar-refractivity contribution in [1.29, 1.82) is 0 Å². The molecule has 2 rings (SSSR count). The molecule has 0 fully saturated rings. The first-order valence-electron chi connectivity index (χ1n) is 7.36. The van der Waals surface area contributed by atoms with Crippen molar-refractivity contribution in [3.05, 3.63) is 53.2 Å². The molecule has 1 aromatic heterocycles. The van der Waals surface area contributed by atoms with Gasteiger partial charge in [-0.2, -0.15) is 0 Å². The van der Waals surface area contributed by atoms with E-state index in [1.807, 2.05) is 0 Å². The van der Waals surface area contributed by atoms with Gasteiger partial charge in [-0.15, -0.1) is 0 Å². The van der Waals surface area contributed by atoms with Crippen LogP contribution < -0.4 is 10.0 Å². The molecule has 0 aliphatic carbocycles. The van der Waals surface area contributed by atoms with Crippen LogP contribution in [0.5, 0.6) is 0 Å². The van der Waals surface area contributed by atoms with Crippen molar-refractivity contribution in [2.24, 2.45) is 0 Å². The predicted molar refractivity (Wildman–Crippen MR) is 97.7 cm³/mol. The first kappa shape index (κ1) is 19.7. The third-order valence-corrected chi connectivity index (χ3v) is 3.89. The Morgan fingerprint density at radius 3 is 2.50 bits per heavy atom. The number of anilines is 2. The van der Waals surface area contributed by atoms with Gasteiger partial charge in [0.05, 0.1) is 22.5 Å². The summed E-state index contributed by atoms with van der Waals surface area (Å²) in [5, 5.41) is 2.90.